The molecule has 3 rings (SSSR count). The van der Waals surface area contributed by atoms with Gasteiger partial charge in [0, 0.05) is 5.56 Å². The van der Waals surface area contributed by atoms with Crippen molar-refractivity contribution < 1.29 is 28.6 Å². The van der Waals surface area contributed by atoms with Gasteiger partial charge in [0.2, 0.25) is 5.90 Å². The molecule has 0 spiro atoms. The Bertz CT molecular complexity index is 904. The van der Waals surface area contributed by atoms with Gasteiger partial charge in [-0.3, -0.25) is 0 Å². The Morgan fingerprint density at radius 3 is 2.68 bits per heavy atom. The summed E-state index contributed by atoms with van der Waals surface area (Å²) in [6.45, 7) is -0.519. The lowest BCUT2D eigenvalue weighted by atomic mass is 10.1. The van der Waals surface area contributed by atoms with Crippen LogP contribution in [0.1, 0.15) is 11.1 Å². The molecule has 1 N–H and O–H groups in total. The zero-order valence-corrected chi connectivity index (χ0v) is 12.8. The highest BCUT2D eigenvalue weighted by Crippen LogP contribution is 2.25. The molecule has 0 saturated heterocycles. The van der Waals surface area contributed by atoms with Crippen molar-refractivity contribution in [1.82, 2.24) is 0 Å². The van der Waals surface area contributed by atoms with E-state index in [2.05, 4.69) is 4.99 Å². The summed E-state index contributed by atoms with van der Waals surface area (Å²) in [5.41, 5.74) is 0.494. The monoisotopic (exact) mass is 341 g/mol. The molecule has 1 aliphatic heterocycles. The molecule has 1 aliphatic rings. The second kappa shape index (κ2) is 6.96. The second-order valence-electron chi connectivity index (χ2n) is 5.04. The minimum absolute atomic E-state index is 0.0374. The SMILES string of the molecule is O=C(O)COc1ccccc1/C=C1\N=C(c2ccccc2F)OC1=O. The number of rotatable bonds is 5. The molecular formula is C18H12FNO5. The van der Waals surface area contributed by atoms with Gasteiger partial charge in [0.25, 0.3) is 0 Å². The van der Waals surface area contributed by atoms with E-state index < -0.39 is 24.4 Å². The predicted molar refractivity (Wildman–Crippen MR) is 86.6 cm³/mol. The average molecular weight is 341 g/mol. The first-order valence-corrected chi connectivity index (χ1v) is 7.25. The quantitative estimate of drug-likeness (QED) is 0.667. The molecule has 0 amide bonds. The van der Waals surface area contributed by atoms with Crippen LogP contribution in [0.2, 0.25) is 0 Å². The highest BCUT2D eigenvalue weighted by Gasteiger charge is 2.26. The molecule has 0 saturated carbocycles. The van der Waals surface area contributed by atoms with Crippen LogP contribution in [0, 0.1) is 5.82 Å². The first-order chi connectivity index (χ1) is 12.0. The maximum atomic E-state index is 13.8. The standard InChI is InChI=1S/C18H12FNO5/c19-13-7-3-2-6-12(13)17-20-14(18(23)25-17)9-11-5-1-4-8-15(11)24-10-16(21)22/h1-9H,10H2,(H,21,22)/b14-9-. The van der Waals surface area contributed by atoms with Crippen molar-refractivity contribution in [3.05, 3.63) is 71.2 Å². The molecule has 126 valence electrons. The number of carbonyl (C=O) groups excluding carboxylic acids is 1. The van der Waals surface area contributed by atoms with Crippen LogP contribution in [0.15, 0.2) is 59.2 Å². The molecule has 0 bridgehead atoms. The van der Waals surface area contributed by atoms with E-state index in [9.17, 15) is 14.0 Å². The Kier molecular flexibility index (Phi) is 4.56. The van der Waals surface area contributed by atoms with Crippen LogP contribution in [-0.4, -0.2) is 29.5 Å². The van der Waals surface area contributed by atoms with Gasteiger partial charge in [-0.25, -0.2) is 19.0 Å². The summed E-state index contributed by atoms with van der Waals surface area (Å²) in [5.74, 6) is -2.26. The highest BCUT2D eigenvalue weighted by atomic mass is 19.1. The third kappa shape index (κ3) is 3.72. The molecule has 0 fully saturated rings. The zero-order chi connectivity index (χ0) is 17.8. The van der Waals surface area contributed by atoms with Gasteiger partial charge in [-0.05, 0) is 24.3 Å². The number of nitrogens with zero attached hydrogens (tertiary/aromatic N) is 1. The highest BCUT2D eigenvalue weighted by molar-refractivity contribution is 6.13. The van der Waals surface area contributed by atoms with Crippen LogP contribution < -0.4 is 4.74 Å². The normalized spacial score (nSPS) is 15.0. The van der Waals surface area contributed by atoms with Gasteiger partial charge in [0.1, 0.15) is 11.6 Å². The Morgan fingerprint density at radius 2 is 1.92 bits per heavy atom. The number of halogens is 1. The Hall–Kier alpha value is -3.48. The van der Waals surface area contributed by atoms with Crippen molar-refractivity contribution in [2.75, 3.05) is 6.61 Å². The van der Waals surface area contributed by atoms with E-state index in [1.165, 1.54) is 24.3 Å². The number of hydrogen-bond donors (Lipinski definition) is 1. The van der Waals surface area contributed by atoms with Crippen molar-refractivity contribution in [3.63, 3.8) is 0 Å². The van der Waals surface area contributed by atoms with E-state index in [1.54, 1.807) is 30.3 Å². The Morgan fingerprint density at radius 1 is 1.20 bits per heavy atom. The molecule has 0 radical (unpaired) electrons. The van der Waals surface area contributed by atoms with Gasteiger partial charge in [0.05, 0.1) is 5.56 Å². The van der Waals surface area contributed by atoms with Crippen LogP contribution in [-0.2, 0) is 14.3 Å². The number of carboxylic acid groups (broad SMARTS) is 1. The smallest absolute Gasteiger partial charge is 0.363 e. The summed E-state index contributed by atoms with van der Waals surface area (Å²) in [6, 6.07) is 12.4. The minimum Gasteiger partial charge on any atom is -0.481 e. The zero-order valence-electron chi connectivity index (χ0n) is 12.8. The maximum absolute atomic E-state index is 13.8. The van der Waals surface area contributed by atoms with Crippen molar-refractivity contribution in [2.24, 2.45) is 4.99 Å². The minimum atomic E-state index is -1.12. The van der Waals surface area contributed by atoms with E-state index in [1.807, 2.05) is 0 Å². The Labute approximate surface area is 141 Å². The Balaban J connectivity index is 1.93. The molecule has 0 unspecified atom stereocenters. The lowest BCUT2D eigenvalue weighted by Crippen LogP contribution is -2.10. The van der Waals surface area contributed by atoms with Crippen molar-refractivity contribution in [2.45, 2.75) is 0 Å². The van der Waals surface area contributed by atoms with E-state index in [0.717, 1.165) is 0 Å². The number of hydrogen-bond acceptors (Lipinski definition) is 5. The van der Waals surface area contributed by atoms with Gasteiger partial charge in [-0.2, -0.15) is 0 Å². The molecule has 0 aromatic heterocycles. The molecule has 25 heavy (non-hydrogen) atoms. The molecule has 1 heterocycles. The van der Waals surface area contributed by atoms with Gasteiger partial charge in [-0.1, -0.05) is 30.3 Å². The number of cyclic esters (lactones) is 1. The van der Waals surface area contributed by atoms with Crippen LogP contribution in [0.3, 0.4) is 0 Å². The first-order valence-electron chi connectivity index (χ1n) is 7.25. The van der Waals surface area contributed by atoms with Crippen LogP contribution in [0.25, 0.3) is 6.08 Å². The van der Waals surface area contributed by atoms with E-state index in [4.69, 9.17) is 14.6 Å². The first kappa shape index (κ1) is 16.4. The van der Waals surface area contributed by atoms with E-state index in [0.29, 0.717) is 5.56 Å². The van der Waals surface area contributed by atoms with Crippen LogP contribution in [0.4, 0.5) is 4.39 Å². The summed E-state index contributed by atoms with van der Waals surface area (Å²) in [7, 11) is 0. The fraction of sp³-hybridized carbons (Fsp3) is 0.0556. The molecule has 7 heteroatoms. The van der Waals surface area contributed by atoms with Gasteiger partial charge < -0.3 is 14.6 Å². The summed E-state index contributed by atoms with van der Waals surface area (Å²) in [5, 5.41) is 8.71. The molecular weight excluding hydrogens is 329 g/mol. The molecule has 2 aromatic carbocycles. The van der Waals surface area contributed by atoms with Crippen LogP contribution >= 0.6 is 0 Å². The topological polar surface area (TPSA) is 85.2 Å². The summed E-state index contributed by atoms with van der Waals surface area (Å²) < 4.78 is 24.0. The number of benzene rings is 2. The largest absolute Gasteiger partial charge is 0.481 e. The fourth-order valence-electron chi connectivity index (χ4n) is 2.18. The van der Waals surface area contributed by atoms with E-state index >= 15 is 0 Å². The number of aliphatic carboxylic acids is 1. The second-order valence-corrected chi connectivity index (χ2v) is 5.04. The number of carbonyl (C=O) groups is 2. The van der Waals surface area contributed by atoms with E-state index in [-0.39, 0.29) is 22.9 Å². The number of esters is 1. The summed E-state index contributed by atoms with van der Waals surface area (Å²) in [6.07, 6.45) is 1.40. The lowest BCUT2D eigenvalue weighted by Gasteiger charge is -2.06. The molecule has 0 aliphatic carbocycles. The van der Waals surface area contributed by atoms with Gasteiger partial charge >= 0.3 is 11.9 Å². The predicted octanol–water partition coefficient (Wildman–Crippen LogP) is 2.63. The number of aliphatic imine (C=N–C) groups is 1. The summed E-state index contributed by atoms with van der Waals surface area (Å²) in [4.78, 5) is 26.7. The lowest BCUT2D eigenvalue weighted by molar-refractivity contribution is -0.139. The molecule has 6 nitrogen and oxygen atoms in total. The van der Waals surface area contributed by atoms with Crippen molar-refractivity contribution in [1.29, 1.82) is 0 Å². The van der Waals surface area contributed by atoms with Gasteiger partial charge in [0.15, 0.2) is 12.3 Å². The van der Waals surface area contributed by atoms with Crippen molar-refractivity contribution >= 4 is 23.9 Å². The molecule has 2 aromatic rings. The third-order valence-corrected chi connectivity index (χ3v) is 3.29. The maximum Gasteiger partial charge on any atom is 0.363 e. The fourth-order valence-corrected chi connectivity index (χ4v) is 2.18. The average Bonchev–Trinajstić information content (AvgIpc) is 2.95. The summed E-state index contributed by atoms with van der Waals surface area (Å²) >= 11 is 0. The third-order valence-electron chi connectivity index (χ3n) is 3.29. The number of ether oxygens (including phenoxy) is 2. The number of carboxylic acids is 1. The number of para-hydroxylation sites is 1. The molecule has 0 atom stereocenters. The van der Waals surface area contributed by atoms with Gasteiger partial charge in [-0.15, -0.1) is 0 Å². The van der Waals surface area contributed by atoms with Crippen LogP contribution in [0.5, 0.6) is 5.75 Å². The van der Waals surface area contributed by atoms with Crippen molar-refractivity contribution in [3.8, 4) is 5.75 Å².